The van der Waals surface area contributed by atoms with Gasteiger partial charge in [0.2, 0.25) is 5.91 Å². The molecule has 1 aromatic heterocycles. The third-order valence-electron chi connectivity index (χ3n) is 6.21. The smallest absolute Gasteiger partial charge is 0.252 e. The summed E-state index contributed by atoms with van der Waals surface area (Å²) in [6.07, 6.45) is 3.07. The molecule has 2 fully saturated rings. The molecule has 7 nitrogen and oxygen atoms in total. The van der Waals surface area contributed by atoms with Crippen LogP contribution in [0.5, 0.6) is 5.75 Å². The summed E-state index contributed by atoms with van der Waals surface area (Å²) >= 11 is 1.23. The maximum atomic E-state index is 13.5. The average Bonchev–Trinajstić information content (AvgIpc) is 3.53. The van der Waals surface area contributed by atoms with Crippen LogP contribution < -0.4 is 4.74 Å². The molecule has 174 valence electrons. The first-order valence-electron chi connectivity index (χ1n) is 11.0. The van der Waals surface area contributed by atoms with Gasteiger partial charge in [-0.1, -0.05) is 24.3 Å². The normalized spacial score (nSPS) is 20.3. The van der Waals surface area contributed by atoms with Crippen molar-refractivity contribution in [3.8, 4) is 5.75 Å². The van der Waals surface area contributed by atoms with Crippen LogP contribution in [-0.2, 0) is 26.1 Å². The number of nitrogens with zero attached hydrogens (tertiary/aromatic N) is 2. The van der Waals surface area contributed by atoms with Crippen LogP contribution in [0.15, 0.2) is 46.0 Å². The van der Waals surface area contributed by atoms with Gasteiger partial charge in [0, 0.05) is 44.3 Å². The van der Waals surface area contributed by atoms with Crippen LogP contribution in [0.25, 0.3) is 0 Å². The maximum Gasteiger partial charge on any atom is 0.252 e. The van der Waals surface area contributed by atoms with Crippen molar-refractivity contribution in [1.82, 2.24) is 9.21 Å². The minimum Gasteiger partial charge on any atom is -0.496 e. The third kappa shape index (κ3) is 5.17. The number of amides is 1. The molecule has 2 aliphatic rings. The number of piperidine rings is 1. The number of ether oxygens (including phenoxy) is 2. The number of methoxy groups -OCH3 is 1. The number of hydrogen-bond acceptors (Lipinski definition) is 6. The van der Waals surface area contributed by atoms with Crippen LogP contribution >= 0.6 is 11.3 Å². The van der Waals surface area contributed by atoms with E-state index < -0.39 is 10.0 Å². The number of carbonyl (C=O) groups excluding carboxylic acids is 1. The lowest BCUT2D eigenvalue weighted by Crippen LogP contribution is -2.45. The molecule has 0 bridgehead atoms. The summed E-state index contributed by atoms with van der Waals surface area (Å²) in [5, 5.41) is 1.77. The highest BCUT2D eigenvalue weighted by Gasteiger charge is 2.35. The predicted octanol–water partition coefficient (Wildman–Crippen LogP) is 3.37. The molecule has 1 aromatic carbocycles. The van der Waals surface area contributed by atoms with E-state index in [-0.39, 0.29) is 17.9 Å². The van der Waals surface area contributed by atoms with Crippen molar-refractivity contribution in [3.05, 3.63) is 47.3 Å². The zero-order valence-corrected chi connectivity index (χ0v) is 19.9. The number of rotatable bonds is 8. The highest BCUT2D eigenvalue weighted by atomic mass is 32.2. The Morgan fingerprint density at radius 1 is 1.19 bits per heavy atom. The summed E-state index contributed by atoms with van der Waals surface area (Å²) in [5.41, 5.74) is 0.957. The first-order valence-corrected chi connectivity index (χ1v) is 13.4. The molecule has 0 aliphatic carbocycles. The number of hydrogen-bond donors (Lipinski definition) is 0. The summed E-state index contributed by atoms with van der Waals surface area (Å²) in [6, 6.07) is 11.1. The fourth-order valence-electron chi connectivity index (χ4n) is 4.44. The Morgan fingerprint density at radius 3 is 2.62 bits per heavy atom. The molecule has 2 saturated heterocycles. The van der Waals surface area contributed by atoms with Crippen molar-refractivity contribution in [2.45, 2.75) is 42.5 Å². The molecule has 1 atom stereocenters. The van der Waals surface area contributed by atoms with E-state index in [0.717, 1.165) is 30.8 Å². The van der Waals surface area contributed by atoms with Gasteiger partial charge < -0.3 is 14.4 Å². The average molecular weight is 479 g/mol. The summed E-state index contributed by atoms with van der Waals surface area (Å²) in [6.45, 7) is 2.46. The summed E-state index contributed by atoms with van der Waals surface area (Å²) in [7, 11) is -1.84. The van der Waals surface area contributed by atoms with E-state index >= 15 is 0 Å². The van der Waals surface area contributed by atoms with E-state index in [4.69, 9.17) is 9.47 Å². The van der Waals surface area contributed by atoms with Gasteiger partial charge in [-0.05, 0) is 43.2 Å². The van der Waals surface area contributed by atoms with Crippen LogP contribution in [0.4, 0.5) is 0 Å². The van der Waals surface area contributed by atoms with E-state index in [1.165, 1.54) is 15.6 Å². The van der Waals surface area contributed by atoms with Crippen molar-refractivity contribution in [2.75, 3.05) is 33.4 Å². The summed E-state index contributed by atoms with van der Waals surface area (Å²) in [4.78, 5) is 15.4. The number of thiophene rings is 1. The van der Waals surface area contributed by atoms with E-state index in [1.807, 2.05) is 29.2 Å². The van der Waals surface area contributed by atoms with Gasteiger partial charge in [-0.3, -0.25) is 4.79 Å². The second-order valence-corrected chi connectivity index (χ2v) is 11.4. The van der Waals surface area contributed by atoms with E-state index in [0.29, 0.717) is 43.2 Å². The quantitative estimate of drug-likeness (QED) is 0.582. The van der Waals surface area contributed by atoms with Gasteiger partial charge in [0.25, 0.3) is 10.0 Å². The monoisotopic (exact) mass is 478 g/mol. The van der Waals surface area contributed by atoms with Gasteiger partial charge in [0.1, 0.15) is 9.96 Å². The predicted molar refractivity (Wildman–Crippen MR) is 123 cm³/mol. The molecule has 9 heteroatoms. The second-order valence-electron chi connectivity index (χ2n) is 8.28. The molecule has 2 aliphatic heterocycles. The van der Waals surface area contributed by atoms with E-state index in [2.05, 4.69) is 0 Å². The first kappa shape index (κ1) is 23.2. The molecule has 2 aromatic rings. The van der Waals surface area contributed by atoms with Crippen LogP contribution in [0.3, 0.4) is 0 Å². The topological polar surface area (TPSA) is 76.2 Å². The Bertz CT molecular complexity index is 995. The molecule has 0 saturated carbocycles. The molecule has 1 unspecified atom stereocenters. The minimum atomic E-state index is -3.47. The standard InChI is InChI=1S/C23H30N2O5S2/c1-29-21-8-3-2-6-19(21)16-24(17-20-7-4-14-30-20)23(26)18-10-12-25(13-11-18)32(27,28)22-9-5-15-31-22/h2-3,5-6,8-9,15,18,20H,4,7,10-14,16-17H2,1H3. The number of carbonyl (C=O) groups is 1. The Labute approximate surface area is 194 Å². The Balaban J connectivity index is 1.45. The van der Waals surface area contributed by atoms with Crippen molar-refractivity contribution in [2.24, 2.45) is 5.92 Å². The molecular formula is C23H30N2O5S2. The highest BCUT2D eigenvalue weighted by molar-refractivity contribution is 7.91. The lowest BCUT2D eigenvalue weighted by Gasteiger charge is -2.34. The van der Waals surface area contributed by atoms with Crippen LogP contribution in [0, 0.1) is 5.92 Å². The van der Waals surface area contributed by atoms with Gasteiger partial charge in [-0.15, -0.1) is 11.3 Å². The highest BCUT2D eigenvalue weighted by Crippen LogP contribution is 2.29. The Morgan fingerprint density at radius 2 is 1.97 bits per heavy atom. The molecule has 0 N–H and O–H groups in total. The number of para-hydroxylation sites is 1. The molecular weight excluding hydrogens is 448 g/mol. The van der Waals surface area contributed by atoms with Crippen molar-refractivity contribution >= 4 is 27.3 Å². The van der Waals surface area contributed by atoms with Crippen LogP contribution in [0.2, 0.25) is 0 Å². The van der Waals surface area contributed by atoms with Gasteiger partial charge in [-0.25, -0.2) is 8.42 Å². The van der Waals surface area contributed by atoms with Crippen molar-refractivity contribution < 1.29 is 22.7 Å². The largest absolute Gasteiger partial charge is 0.496 e. The molecule has 0 spiro atoms. The third-order valence-corrected chi connectivity index (χ3v) is 9.48. The SMILES string of the molecule is COc1ccccc1CN(CC1CCCO1)C(=O)C1CCN(S(=O)(=O)c2cccs2)CC1. The van der Waals surface area contributed by atoms with E-state index in [9.17, 15) is 13.2 Å². The van der Waals surface area contributed by atoms with Crippen LogP contribution in [0.1, 0.15) is 31.2 Å². The first-order chi connectivity index (χ1) is 15.5. The van der Waals surface area contributed by atoms with Gasteiger partial charge in [0.15, 0.2) is 0 Å². The van der Waals surface area contributed by atoms with Crippen LogP contribution in [-0.4, -0.2) is 63.0 Å². The Kier molecular flexibility index (Phi) is 7.50. The van der Waals surface area contributed by atoms with Gasteiger partial charge in [0.05, 0.1) is 13.2 Å². The lowest BCUT2D eigenvalue weighted by molar-refractivity contribution is -0.139. The molecule has 32 heavy (non-hydrogen) atoms. The maximum absolute atomic E-state index is 13.5. The zero-order chi connectivity index (χ0) is 22.6. The fraction of sp³-hybridized carbons (Fsp3) is 0.522. The van der Waals surface area contributed by atoms with E-state index in [1.54, 1.807) is 24.6 Å². The number of benzene rings is 1. The minimum absolute atomic E-state index is 0.0490. The van der Waals surface area contributed by atoms with Gasteiger partial charge >= 0.3 is 0 Å². The van der Waals surface area contributed by atoms with Crippen molar-refractivity contribution in [3.63, 3.8) is 0 Å². The molecule has 4 rings (SSSR count). The fourth-order valence-corrected chi connectivity index (χ4v) is 7.06. The number of sulfonamides is 1. The summed E-state index contributed by atoms with van der Waals surface area (Å²) in [5.74, 6) is 0.634. The zero-order valence-electron chi connectivity index (χ0n) is 18.3. The second kappa shape index (κ2) is 10.3. The van der Waals surface area contributed by atoms with Crippen molar-refractivity contribution in [1.29, 1.82) is 0 Å². The summed E-state index contributed by atoms with van der Waals surface area (Å²) < 4.78 is 38.8. The Hall–Kier alpha value is -1.94. The molecule has 1 amide bonds. The molecule has 0 radical (unpaired) electrons. The van der Waals surface area contributed by atoms with Gasteiger partial charge in [-0.2, -0.15) is 4.31 Å². The molecule has 3 heterocycles. The lowest BCUT2D eigenvalue weighted by atomic mass is 9.96.